The molecule has 1 aliphatic rings. The summed E-state index contributed by atoms with van der Waals surface area (Å²) >= 11 is 0. The highest BCUT2D eigenvalue weighted by atomic mass is 19.1. The van der Waals surface area contributed by atoms with Gasteiger partial charge in [-0.25, -0.2) is 4.39 Å². The summed E-state index contributed by atoms with van der Waals surface area (Å²) in [5, 5.41) is 15.9. The fourth-order valence-electron chi connectivity index (χ4n) is 2.87. The summed E-state index contributed by atoms with van der Waals surface area (Å²) in [6.45, 7) is 0. The van der Waals surface area contributed by atoms with Crippen LogP contribution >= 0.6 is 0 Å². The first kappa shape index (κ1) is 13.8. The Kier molecular flexibility index (Phi) is 3.72. The molecule has 1 heterocycles. The fourth-order valence-corrected chi connectivity index (χ4v) is 2.87. The minimum absolute atomic E-state index is 0.0453. The zero-order valence-corrected chi connectivity index (χ0v) is 11.7. The Labute approximate surface area is 120 Å². The van der Waals surface area contributed by atoms with Crippen molar-refractivity contribution in [1.82, 2.24) is 5.10 Å². The third kappa shape index (κ3) is 2.81. The first-order valence-corrected chi connectivity index (χ1v) is 7.31. The number of fused-ring (bicyclic) bond motifs is 1. The number of hydrogen-bond donors (Lipinski definition) is 3. The van der Waals surface area contributed by atoms with Gasteiger partial charge in [0.2, 0.25) is 10.1 Å². The maximum absolute atomic E-state index is 13.2. The van der Waals surface area contributed by atoms with Crippen molar-refractivity contribution in [3.8, 4) is 0 Å². The number of rotatable bonds is 2. The molecule has 3 rings (SSSR count). The Morgan fingerprint density at radius 1 is 1.19 bits per heavy atom. The number of H-pyrrole nitrogens is 1. The Morgan fingerprint density at radius 2 is 1.90 bits per heavy atom. The second kappa shape index (κ2) is 5.67. The molecule has 0 bridgehead atoms. The third-order valence-electron chi connectivity index (χ3n) is 4.00. The van der Waals surface area contributed by atoms with Crippen LogP contribution in [0, 0.1) is 10.7 Å². The van der Waals surface area contributed by atoms with Gasteiger partial charge in [-0.2, -0.15) is 0 Å². The molecular weight excluding hydrogens is 275 g/mol. The molecule has 0 aliphatic heterocycles. The van der Waals surface area contributed by atoms with Crippen LogP contribution in [0.4, 0.5) is 10.3 Å². The Hall–Kier alpha value is -2.18. The molecule has 0 radical (unpaired) electrons. The van der Waals surface area contributed by atoms with Crippen molar-refractivity contribution in [2.45, 2.75) is 44.6 Å². The van der Waals surface area contributed by atoms with Gasteiger partial charge in [0.25, 0.3) is 0 Å². The average Bonchev–Trinajstić information content (AvgIpc) is 2.73. The molecule has 0 atom stereocenters. The molecule has 7 heteroatoms. The maximum Gasteiger partial charge on any atom is 0.449 e. The number of aromatic amines is 1. The van der Waals surface area contributed by atoms with Crippen LogP contribution < -0.4 is 14.6 Å². The lowest BCUT2D eigenvalue weighted by atomic mass is 10.1. The monoisotopic (exact) mass is 294 g/mol. The van der Waals surface area contributed by atoms with E-state index in [0.29, 0.717) is 4.54 Å². The van der Waals surface area contributed by atoms with Crippen molar-refractivity contribution in [3.05, 3.63) is 28.9 Å². The van der Waals surface area contributed by atoms with Gasteiger partial charge < -0.3 is 5.21 Å². The maximum atomic E-state index is 13.2. The summed E-state index contributed by atoms with van der Waals surface area (Å²) in [5.41, 5.74) is 0.296. The zero-order chi connectivity index (χ0) is 14.8. The molecule has 0 saturated heterocycles. The first-order valence-electron chi connectivity index (χ1n) is 7.31. The molecule has 1 fully saturated rings. The average molecular weight is 294 g/mol. The number of nitrogens with one attached hydrogen (secondary N) is 2. The molecule has 1 aromatic carbocycles. The van der Waals surface area contributed by atoms with E-state index in [9.17, 15) is 14.5 Å². The minimum Gasteiger partial charge on any atom is -0.371 e. The van der Waals surface area contributed by atoms with Crippen molar-refractivity contribution in [2.75, 3.05) is 5.32 Å². The molecule has 1 aliphatic carbocycles. The smallest absolute Gasteiger partial charge is 0.371 e. The van der Waals surface area contributed by atoms with Crippen LogP contribution in [-0.2, 0) is 0 Å². The lowest BCUT2D eigenvalue weighted by Crippen LogP contribution is -2.43. The summed E-state index contributed by atoms with van der Waals surface area (Å²) < 4.78 is 14.5. The molecule has 1 saturated carbocycles. The molecule has 0 spiro atoms. The number of aromatic nitrogens is 3. The Morgan fingerprint density at radius 3 is 2.62 bits per heavy atom. The highest BCUT2D eigenvalue weighted by molar-refractivity contribution is 5.67. The number of benzene rings is 1. The summed E-state index contributed by atoms with van der Waals surface area (Å²) in [7, 11) is 0. The van der Waals surface area contributed by atoms with Crippen LogP contribution in [0.25, 0.3) is 11.0 Å². The second-order valence-corrected chi connectivity index (χ2v) is 5.53. The summed E-state index contributed by atoms with van der Waals surface area (Å²) in [6.07, 6.45) is 6.74. The first-order chi connectivity index (χ1) is 10.1. The lowest BCUT2D eigenvalue weighted by Gasteiger charge is -2.11. The van der Waals surface area contributed by atoms with Crippen LogP contribution in [0.5, 0.6) is 0 Å². The van der Waals surface area contributed by atoms with Gasteiger partial charge in [-0.1, -0.05) is 25.7 Å². The van der Waals surface area contributed by atoms with Gasteiger partial charge >= 0.3 is 11.5 Å². The topological polar surface area (TPSA) is 74.9 Å². The molecule has 2 aromatic rings. The van der Waals surface area contributed by atoms with Crippen LogP contribution in [0.1, 0.15) is 38.5 Å². The fraction of sp³-hybridized carbons (Fsp3) is 0.500. The second-order valence-electron chi connectivity index (χ2n) is 5.53. The Bertz CT molecular complexity index is 708. The largest absolute Gasteiger partial charge is 0.449 e. The normalized spacial score (nSPS) is 16.8. The lowest BCUT2D eigenvalue weighted by molar-refractivity contribution is -0.881. The van der Waals surface area contributed by atoms with Gasteiger partial charge in [-0.3, -0.25) is 5.32 Å². The van der Waals surface area contributed by atoms with E-state index >= 15 is 0 Å². The van der Waals surface area contributed by atoms with Crippen molar-refractivity contribution in [1.29, 1.82) is 0 Å². The highest BCUT2D eigenvalue weighted by Gasteiger charge is 2.26. The van der Waals surface area contributed by atoms with Crippen molar-refractivity contribution < 1.29 is 18.9 Å². The van der Waals surface area contributed by atoms with E-state index in [4.69, 9.17) is 0 Å². The van der Waals surface area contributed by atoms with E-state index in [1.54, 1.807) is 0 Å². The van der Waals surface area contributed by atoms with Gasteiger partial charge in [0.1, 0.15) is 5.82 Å². The van der Waals surface area contributed by atoms with E-state index < -0.39 is 5.82 Å². The van der Waals surface area contributed by atoms with Crippen molar-refractivity contribution in [2.24, 2.45) is 0 Å². The number of hydrogen-bond acceptors (Lipinski definition) is 3. The summed E-state index contributed by atoms with van der Waals surface area (Å²) in [4.78, 5) is 11.9. The van der Waals surface area contributed by atoms with Crippen LogP contribution in [0.3, 0.4) is 0 Å². The number of halogens is 1. The summed E-state index contributed by atoms with van der Waals surface area (Å²) in [6, 6.07) is 3.90. The summed E-state index contributed by atoms with van der Waals surface area (Å²) in [5.74, 6) is -0.305. The third-order valence-corrected chi connectivity index (χ3v) is 4.00. The predicted octanol–water partition coefficient (Wildman–Crippen LogP) is 1.88. The van der Waals surface area contributed by atoms with E-state index in [-0.39, 0.29) is 23.0 Å². The quantitative estimate of drug-likeness (QED) is 0.450. The molecule has 6 nitrogen and oxygen atoms in total. The van der Waals surface area contributed by atoms with E-state index in [1.807, 2.05) is 0 Å². The SMILES string of the molecule is O=[n+]1[nH]c(NC2CCCCCC2)[n+](O)c2ccc(F)cc21. The van der Waals surface area contributed by atoms with Crippen molar-refractivity contribution >= 4 is 17.0 Å². The van der Waals surface area contributed by atoms with E-state index in [0.717, 1.165) is 36.5 Å². The Balaban J connectivity index is 1.97. The van der Waals surface area contributed by atoms with Crippen LogP contribution in [-0.4, -0.2) is 16.3 Å². The zero-order valence-electron chi connectivity index (χ0n) is 11.7. The van der Waals surface area contributed by atoms with Gasteiger partial charge in [-0.05, 0) is 29.7 Å². The molecule has 0 amide bonds. The highest BCUT2D eigenvalue weighted by Crippen LogP contribution is 2.19. The molecule has 112 valence electrons. The molecular formula is C14H19FN4O2+2. The minimum atomic E-state index is -0.523. The molecule has 1 aromatic heterocycles. The van der Waals surface area contributed by atoms with E-state index in [2.05, 4.69) is 10.4 Å². The van der Waals surface area contributed by atoms with Gasteiger partial charge in [0.15, 0.2) is 0 Å². The number of anilines is 1. The number of nitrogens with zero attached hydrogens (tertiary/aromatic N) is 2. The van der Waals surface area contributed by atoms with Crippen molar-refractivity contribution in [3.63, 3.8) is 0 Å². The predicted molar refractivity (Wildman–Crippen MR) is 74.1 cm³/mol. The van der Waals surface area contributed by atoms with E-state index in [1.165, 1.54) is 25.0 Å². The standard InChI is InChI=1S/C14H18FN4O2/c15-10-7-8-12-13(9-10)19(21)17-14(18(12)20)16-11-5-3-1-2-4-6-11/h7-9,11,20H,1-6H2,(H,16,17,21)/q+1/p+1. The molecule has 21 heavy (non-hydrogen) atoms. The van der Waals surface area contributed by atoms with Gasteiger partial charge in [0.05, 0.1) is 17.0 Å². The van der Waals surface area contributed by atoms with Crippen LogP contribution in [0.2, 0.25) is 0 Å². The molecule has 3 N–H and O–H groups in total. The van der Waals surface area contributed by atoms with Crippen LogP contribution in [0.15, 0.2) is 18.2 Å². The van der Waals surface area contributed by atoms with Gasteiger partial charge in [-0.15, -0.1) is 0 Å². The van der Waals surface area contributed by atoms with Gasteiger partial charge in [0, 0.05) is 5.10 Å². The molecule has 0 unspecified atom stereocenters.